The molecule has 68 heavy (non-hydrogen) atoms. The maximum atomic E-state index is 6.62. The molecule has 0 bridgehead atoms. The Kier molecular flexibility index (Phi) is 9.67. The third-order valence-corrected chi connectivity index (χ3v) is 13.3. The van der Waals surface area contributed by atoms with Gasteiger partial charge >= 0.3 is 0 Å². The predicted molar refractivity (Wildman–Crippen MR) is 277 cm³/mol. The lowest BCUT2D eigenvalue weighted by atomic mass is 9.87. The number of fused-ring (bicyclic) bond motifs is 6. The summed E-state index contributed by atoms with van der Waals surface area (Å²) in [7, 11) is 0. The molecule has 0 saturated carbocycles. The SMILES string of the molecule is C1=CCCC(c2cc(C3C=CC=C(c4ccc5c(c4)oc4cc6oc7cc(-c8cccc(-c9cc(-c%10ccccc%10)nc(-c%10ccccc%10)n9)c8)ccc7c6cc45)C3)nc(-c3ccccc3)n2)=C1. The molecule has 13 rings (SSSR count). The Labute approximate surface area is 393 Å². The molecule has 0 fully saturated rings. The van der Waals surface area contributed by atoms with E-state index in [2.05, 4.69) is 152 Å². The third-order valence-electron chi connectivity index (χ3n) is 13.3. The van der Waals surface area contributed by atoms with Gasteiger partial charge in [0.05, 0.1) is 22.8 Å². The number of rotatable bonds is 8. The van der Waals surface area contributed by atoms with Gasteiger partial charge in [-0.05, 0) is 95.6 Å². The Bertz CT molecular complexity index is 3820. The van der Waals surface area contributed by atoms with E-state index >= 15 is 0 Å². The smallest absolute Gasteiger partial charge is 0.160 e. The first kappa shape index (κ1) is 39.6. The van der Waals surface area contributed by atoms with Crippen LogP contribution in [0.3, 0.4) is 0 Å². The molecule has 4 heterocycles. The van der Waals surface area contributed by atoms with E-state index < -0.39 is 0 Å². The van der Waals surface area contributed by atoms with Gasteiger partial charge < -0.3 is 8.83 Å². The van der Waals surface area contributed by atoms with Crippen molar-refractivity contribution in [1.82, 2.24) is 19.9 Å². The second-order valence-electron chi connectivity index (χ2n) is 17.7. The van der Waals surface area contributed by atoms with Crippen LogP contribution in [-0.4, -0.2) is 19.9 Å². The van der Waals surface area contributed by atoms with E-state index in [0.717, 1.165) is 131 Å². The highest BCUT2D eigenvalue weighted by atomic mass is 16.3. The highest BCUT2D eigenvalue weighted by molar-refractivity contribution is 6.15. The maximum absolute atomic E-state index is 6.62. The van der Waals surface area contributed by atoms with Crippen molar-refractivity contribution in [3.63, 3.8) is 0 Å². The molecule has 6 heteroatoms. The van der Waals surface area contributed by atoms with Crippen molar-refractivity contribution >= 4 is 55.0 Å². The van der Waals surface area contributed by atoms with Crippen LogP contribution in [0.4, 0.5) is 0 Å². The van der Waals surface area contributed by atoms with Crippen LogP contribution in [0.15, 0.2) is 221 Å². The van der Waals surface area contributed by atoms with Crippen LogP contribution in [0.25, 0.3) is 111 Å². The summed E-state index contributed by atoms with van der Waals surface area (Å²) in [5.41, 5.74) is 16.9. The number of hydrogen-bond acceptors (Lipinski definition) is 6. The van der Waals surface area contributed by atoms with Crippen molar-refractivity contribution in [2.75, 3.05) is 0 Å². The van der Waals surface area contributed by atoms with Gasteiger partial charge in [0.15, 0.2) is 11.6 Å². The minimum Gasteiger partial charge on any atom is -0.456 e. The van der Waals surface area contributed by atoms with E-state index in [4.69, 9.17) is 28.8 Å². The molecule has 2 aliphatic rings. The average molecular weight is 875 g/mol. The van der Waals surface area contributed by atoms with Gasteiger partial charge in [-0.25, -0.2) is 19.9 Å². The number of furan rings is 2. The summed E-state index contributed by atoms with van der Waals surface area (Å²) < 4.78 is 13.2. The van der Waals surface area contributed by atoms with Crippen LogP contribution in [0.2, 0.25) is 0 Å². The molecule has 1 atom stereocenters. The molecule has 0 aliphatic heterocycles. The third kappa shape index (κ3) is 7.33. The van der Waals surface area contributed by atoms with Crippen molar-refractivity contribution in [3.05, 3.63) is 229 Å². The van der Waals surface area contributed by atoms with Crippen molar-refractivity contribution in [2.45, 2.75) is 25.2 Å². The molecule has 0 saturated heterocycles. The summed E-state index contributed by atoms with van der Waals surface area (Å²) in [5.74, 6) is 1.57. The molecule has 0 N–H and O–H groups in total. The lowest BCUT2D eigenvalue weighted by Gasteiger charge is -2.20. The molecular weight excluding hydrogens is 833 g/mol. The number of allylic oxidation sites excluding steroid dienone is 8. The standard InChI is InChI=1S/C62H42N4O2/c1-5-15-39(16-6-1)53-36-55(65-61(63-53)41-19-9-3-10-20-41)47-25-13-23-43(31-47)45-27-29-49-51-35-52-50-30-28-46(34-58(50)68-60(52)38-59(51)67-57(49)33-45)44-24-14-26-48(32-44)56-37-54(40-17-7-2-8-18-40)64-62(66-56)42-21-11-4-12-22-42/h1-7,9-17,19-31,33-38,48H,8,18,32H2. The maximum Gasteiger partial charge on any atom is 0.160 e. The predicted octanol–water partition coefficient (Wildman–Crippen LogP) is 16.3. The summed E-state index contributed by atoms with van der Waals surface area (Å²) in [6.07, 6.45) is 16.0. The van der Waals surface area contributed by atoms with Gasteiger partial charge in [-0.3, -0.25) is 0 Å². The molecule has 1 unspecified atom stereocenters. The second kappa shape index (κ2) is 16.6. The lowest BCUT2D eigenvalue weighted by Crippen LogP contribution is -2.07. The number of hydrogen-bond donors (Lipinski definition) is 0. The summed E-state index contributed by atoms with van der Waals surface area (Å²) >= 11 is 0. The fourth-order valence-corrected chi connectivity index (χ4v) is 9.80. The molecule has 0 spiro atoms. The molecule has 6 nitrogen and oxygen atoms in total. The average Bonchev–Trinajstić information content (AvgIpc) is 3.97. The van der Waals surface area contributed by atoms with Gasteiger partial charge in [0, 0.05) is 55.8 Å². The van der Waals surface area contributed by atoms with Crippen LogP contribution in [0, 0.1) is 0 Å². The second-order valence-corrected chi connectivity index (χ2v) is 17.7. The fraction of sp³-hybridized carbons (Fsp3) is 0.0645. The number of benzene rings is 7. The molecule has 7 aromatic carbocycles. The van der Waals surface area contributed by atoms with E-state index in [-0.39, 0.29) is 5.92 Å². The first-order valence-electron chi connectivity index (χ1n) is 23.3. The van der Waals surface area contributed by atoms with Crippen LogP contribution in [0.5, 0.6) is 0 Å². The summed E-state index contributed by atoms with van der Waals surface area (Å²) in [4.78, 5) is 20.3. The minimum atomic E-state index is 0.106. The normalized spacial score (nSPS) is 14.8. The lowest BCUT2D eigenvalue weighted by molar-refractivity contribution is 0.656. The summed E-state index contributed by atoms with van der Waals surface area (Å²) in [6, 6.07) is 60.9. The van der Waals surface area contributed by atoms with E-state index in [1.807, 2.05) is 60.7 Å². The fourth-order valence-electron chi connectivity index (χ4n) is 9.80. The molecule has 4 aromatic heterocycles. The summed E-state index contributed by atoms with van der Waals surface area (Å²) in [5, 5.41) is 4.27. The van der Waals surface area contributed by atoms with Gasteiger partial charge in [-0.2, -0.15) is 0 Å². The van der Waals surface area contributed by atoms with E-state index in [1.165, 1.54) is 11.1 Å². The van der Waals surface area contributed by atoms with Crippen LogP contribution < -0.4 is 0 Å². The van der Waals surface area contributed by atoms with Gasteiger partial charge in [-0.1, -0.05) is 158 Å². The number of nitrogens with zero attached hydrogens (tertiary/aromatic N) is 4. The Morgan fingerprint density at radius 2 is 0.941 bits per heavy atom. The Hall–Kier alpha value is -8.74. The number of aromatic nitrogens is 4. The molecular formula is C62H42N4O2. The van der Waals surface area contributed by atoms with Crippen molar-refractivity contribution in [2.24, 2.45) is 0 Å². The van der Waals surface area contributed by atoms with Gasteiger partial charge in [0.2, 0.25) is 0 Å². The van der Waals surface area contributed by atoms with Crippen molar-refractivity contribution in [1.29, 1.82) is 0 Å². The largest absolute Gasteiger partial charge is 0.456 e. The van der Waals surface area contributed by atoms with Gasteiger partial charge in [0.25, 0.3) is 0 Å². The van der Waals surface area contributed by atoms with Crippen molar-refractivity contribution < 1.29 is 8.83 Å². The van der Waals surface area contributed by atoms with Crippen LogP contribution in [-0.2, 0) is 0 Å². The molecule has 0 radical (unpaired) electrons. The molecule has 0 amide bonds. The Morgan fingerprint density at radius 3 is 1.63 bits per heavy atom. The van der Waals surface area contributed by atoms with E-state index in [9.17, 15) is 0 Å². The highest BCUT2D eigenvalue weighted by Gasteiger charge is 2.22. The zero-order valence-corrected chi connectivity index (χ0v) is 37.0. The molecule has 322 valence electrons. The van der Waals surface area contributed by atoms with E-state index in [1.54, 1.807) is 0 Å². The van der Waals surface area contributed by atoms with Crippen molar-refractivity contribution in [3.8, 4) is 56.4 Å². The first-order valence-corrected chi connectivity index (χ1v) is 23.3. The monoisotopic (exact) mass is 874 g/mol. The van der Waals surface area contributed by atoms with Crippen LogP contribution in [0.1, 0.15) is 42.1 Å². The van der Waals surface area contributed by atoms with E-state index in [0.29, 0.717) is 5.82 Å². The van der Waals surface area contributed by atoms with Gasteiger partial charge in [0.1, 0.15) is 22.3 Å². The molecule has 11 aromatic rings. The van der Waals surface area contributed by atoms with Gasteiger partial charge in [-0.15, -0.1) is 0 Å². The minimum absolute atomic E-state index is 0.106. The summed E-state index contributed by atoms with van der Waals surface area (Å²) in [6.45, 7) is 0. The topological polar surface area (TPSA) is 77.8 Å². The molecule has 2 aliphatic carbocycles. The first-order chi connectivity index (χ1) is 33.6. The Balaban J connectivity index is 0.801. The zero-order valence-electron chi connectivity index (χ0n) is 37.0. The Morgan fingerprint density at radius 1 is 0.382 bits per heavy atom. The highest BCUT2D eigenvalue weighted by Crippen LogP contribution is 2.41. The van der Waals surface area contributed by atoms with Crippen LogP contribution >= 0.6 is 0 Å². The quantitative estimate of drug-likeness (QED) is 0.151. The zero-order chi connectivity index (χ0) is 45.0.